The van der Waals surface area contributed by atoms with Crippen molar-refractivity contribution >= 4 is 17.2 Å². The number of thiophene rings is 1. The number of carbonyl (C=O) groups is 1. The predicted octanol–water partition coefficient (Wildman–Crippen LogP) is 2.67. The van der Waals surface area contributed by atoms with Crippen LogP contribution in [-0.2, 0) is 6.54 Å². The number of carbonyl (C=O) groups excluding carboxylic acids is 1. The lowest BCUT2D eigenvalue weighted by Gasteiger charge is -2.16. The molecule has 0 unspecified atom stereocenters. The lowest BCUT2D eigenvalue weighted by molar-refractivity contribution is 0.0786. The van der Waals surface area contributed by atoms with E-state index in [1.165, 1.54) is 0 Å². The van der Waals surface area contributed by atoms with Crippen molar-refractivity contribution in [3.63, 3.8) is 0 Å². The van der Waals surface area contributed by atoms with Crippen molar-refractivity contribution in [3.8, 4) is 11.8 Å². The summed E-state index contributed by atoms with van der Waals surface area (Å²) in [6.07, 6.45) is 0. The quantitative estimate of drug-likeness (QED) is 0.885. The summed E-state index contributed by atoms with van der Waals surface area (Å²) in [5.41, 5.74) is 2.71. The van der Waals surface area contributed by atoms with E-state index in [1.54, 1.807) is 23.3 Å². The van der Waals surface area contributed by atoms with Crippen LogP contribution >= 0.6 is 11.3 Å². The van der Waals surface area contributed by atoms with E-state index in [9.17, 15) is 4.79 Å². The second-order valence-electron chi connectivity index (χ2n) is 4.79. The lowest BCUT2D eigenvalue weighted by atomic mass is 10.1. The monoisotopic (exact) mass is 299 g/mol. The van der Waals surface area contributed by atoms with Gasteiger partial charge in [-0.2, -0.15) is 0 Å². The smallest absolute Gasteiger partial charge is 0.253 e. The molecule has 0 saturated carbocycles. The van der Waals surface area contributed by atoms with Crippen LogP contribution in [0.5, 0.6) is 0 Å². The highest BCUT2D eigenvalue weighted by Crippen LogP contribution is 2.17. The third-order valence-electron chi connectivity index (χ3n) is 3.00. The summed E-state index contributed by atoms with van der Waals surface area (Å²) >= 11 is 1.57. The van der Waals surface area contributed by atoms with E-state index in [0.29, 0.717) is 12.1 Å². The molecule has 0 aliphatic heterocycles. The summed E-state index contributed by atoms with van der Waals surface area (Å²) in [5.74, 6) is 5.48. The SMILES string of the molecule is Cc1ccc(C(=O)N(C)Cc2cc(C#CCO)cs2)cc1. The third-order valence-corrected chi connectivity index (χ3v) is 3.93. The summed E-state index contributed by atoms with van der Waals surface area (Å²) in [6.45, 7) is 2.41. The fraction of sp³-hybridized carbons (Fsp3) is 0.235. The molecule has 3 nitrogen and oxygen atoms in total. The van der Waals surface area contributed by atoms with Crippen molar-refractivity contribution in [1.82, 2.24) is 4.90 Å². The van der Waals surface area contributed by atoms with Crippen LogP contribution in [-0.4, -0.2) is 29.6 Å². The van der Waals surface area contributed by atoms with Gasteiger partial charge >= 0.3 is 0 Å². The van der Waals surface area contributed by atoms with Crippen LogP contribution in [0, 0.1) is 18.8 Å². The van der Waals surface area contributed by atoms with E-state index in [0.717, 1.165) is 16.0 Å². The van der Waals surface area contributed by atoms with Gasteiger partial charge in [-0.1, -0.05) is 29.5 Å². The summed E-state index contributed by atoms with van der Waals surface area (Å²) in [5, 5.41) is 10.6. The maximum atomic E-state index is 12.3. The Kier molecular flexibility index (Phi) is 5.15. The maximum Gasteiger partial charge on any atom is 0.253 e. The maximum absolute atomic E-state index is 12.3. The predicted molar refractivity (Wildman–Crippen MR) is 85.3 cm³/mol. The molecular formula is C17H17NO2S. The minimum Gasteiger partial charge on any atom is -0.384 e. The largest absolute Gasteiger partial charge is 0.384 e. The van der Waals surface area contributed by atoms with Gasteiger partial charge < -0.3 is 10.0 Å². The van der Waals surface area contributed by atoms with Gasteiger partial charge in [-0.3, -0.25) is 4.79 Å². The second-order valence-corrected chi connectivity index (χ2v) is 5.78. The molecule has 2 rings (SSSR count). The Bertz CT molecular complexity index is 677. The molecule has 108 valence electrons. The summed E-state index contributed by atoms with van der Waals surface area (Å²) in [4.78, 5) is 15.1. The number of rotatable bonds is 3. The number of hydrogen-bond acceptors (Lipinski definition) is 3. The molecule has 1 heterocycles. The first-order valence-electron chi connectivity index (χ1n) is 6.59. The van der Waals surface area contributed by atoms with Crippen molar-refractivity contribution in [2.45, 2.75) is 13.5 Å². The van der Waals surface area contributed by atoms with Crippen molar-refractivity contribution < 1.29 is 9.90 Å². The van der Waals surface area contributed by atoms with Gasteiger partial charge in [0.15, 0.2) is 0 Å². The molecule has 0 atom stereocenters. The highest BCUT2D eigenvalue weighted by atomic mass is 32.1. The number of hydrogen-bond donors (Lipinski definition) is 1. The van der Waals surface area contributed by atoms with Crippen molar-refractivity contribution in [2.24, 2.45) is 0 Å². The standard InChI is InChI=1S/C17H17NO2S/c1-13-5-7-15(8-6-13)17(20)18(2)11-16-10-14(12-21-16)4-3-9-19/h5-8,10,12,19H,9,11H2,1-2H3. The molecule has 1 N–H and O–H groups in total. The van der Waals surface area contributed by atoms with Crippen LogP contribution < -0.4 is 0 Å². The normalized spacial score (nSPS) is 9.86. The highest BCUT2D eigenvalue weighted by Gasteiger charge is 2.12. The van der Waals surface area contributed by atoms with Crippen molar-refractivity contribution in [1.29, 1.82) is 0 Å². The number of nitrogens with zero attached hydrogens (tertiary/aromatic N) is 1. The van der Waals surface area contributed by atoms with E-state index in [4.69, 9.17) is 5.11 Å². The molecular weight excluding hydrogens is 282 g/mol. The van der Waals surface area contributed by atoms with E-state index in [-0.39, 0.29) is 12.5 Å². The molecule has 1 amide bonds. The lowest BCUT2D eigenvalue weighted by Crippen LogP contribution is -2.25. The molecule has 1 aromatic heterocycles. The van der Waals surface area contributed by atoms with Crippen LogP contribution in [0.2, 0.25) is 0 Å². The van der Waals surface area contributed by atoms with Gasteiger partial charge in [0.25, 0.3) is 5.91 Å². The molecule has 0 spiro atoms. The van der Waals surface area contributed by atoms with Crippen LogP contribution in [0.3, 0.4) is 0 Å². The average molecular weight is 299 g/mol. The Morgan fingerprint density at radius 3 is 2.71 bits per heavy atom. The number of benzene rings is 1. The van der Waals surface area contributed by atoms with E-state index in [1.807, 2.05) is 42.6 Å². The second kappa shape index (κ2) is 7.07. The molecule has 0 aliphatic rings. The van der Waals surface area contributed by atoms with E-state index in [2.05, 4.69) is 11.8 Å². The fourth-order valence-electron chi connectivity index (χ4n) is 1.89. The topological polar surface area (TPSA) is 40.5 Å². The van der Waals surface area contributed by atoms with Gasteiger partial charge in [-0.05, 0) is 25.1 Å². The number of aryl methyl sites for hydroxylation is 1. The summed E-state index contributed by atoms with van der Waals surface area (Å²) in [7, 11) is 1.79. The molecule has 0 aliphatic carbocycles. The van der Waals surface area contributed by atoms with Crippen molar-refractivity contribution in [3.05, 3.63) is 57.3 Å². The van der Waals surface area contributed by atoms with Crippen molar-refractivity contribution in [2.75, 3.05) is 13.7 Å². The first-order chi connectivity index (χ1) is 10.1. The van der Waals surface area contributed by atoms with E-state index < -0.39 is 0 Å². The van der Waals surface area contributed by atoms with Gasteiger partial charge in [-0.15, -0.1) is 11.3 Å². The zero-order valence-electron chi connectivity index (χ0n) is 12.1. The van der Waals surface area contributed by atoms with Gasteiger partial charge in [0.1, 0.15) is 6.61 Å². The number of amides is 1. The number of aliphatic hydroxyl groups excluding tert-OH is 1. The first kappa shape index (κ1) is 15.3. The minimum absolute atomic E-state index is 0.00592. The Morgan fingerprint density at radius 1 is 1.33 bits per heavy atom. The molecule has 1 aromatic carbocycles. The van der Waals surface area contributed by atoms with Gasteiger partial charge in [0.05, 0.1) is 6.54 Å². The van der Waals surface area contributed by atoms with Crippen LogP contribution in [0.25, 0.3) is 0 Å². The average Bonchev–Trinajstić information content (AvgIpc) is 2.92. The van der Waals surface area contributed by atoms with Gasteiger partial charge in [0, 0.05) is 28.4 Å². The first-order valence-corrected chi connectivity index (χ1v) is 7.47. The molecule has 21 heavy (non-hydrogen) atoms. The molecule has 0 saturated heterocycles. The Balaban J connectivity index is 2.03. The zero-order valence-corrected chi connectivity index (χ0v) is 12.9. The van der Waals surface area contributed by atoms with Crippen LogP contribution in [0.1, 0.15) is 26.4 Å². The molecule has 0 bridgehead atoms. The minimum atomic E-state index is -0.142. The summed E-state index contributed by atoms with van der Waals surface area (Å²) < 4.78 is 0. The molecule has 4 heteroatoms. The van der Waals surface area contributed by atoms with Gasteiger partial charge in [-0.25, -0.2) is 0 Å². The highest BCUT2D eigenvalue weighted by molar-refractivity contribution is 7.10. The van der Waals surface area contributed by atoms with Gasteiger partial charge in [0.2, 0.25) is 0 Å². The van der Waals surface area contributed by atoms with E-state index >= 15 is 0 Å². The van der Waals surface area contributed by atoms with Crippen LogP contribution in [0.4, 0.5) is 0 Å². The van der Waals surface area contributed by atoms with Crippen LogP contribution in [0.15, 0.2) is 35.7 Å². The molecule has 2 aromatic rings. The number of aliphatic hydroxyl groups is 1. The fourth-order valence-corrected chi connectivity index (χ4v) is 2.76. The Labute approximate surface area is 128 Å². The third kappa shape index (κ3) is 4.19. The Morgan fingerprint density at radius 2 is 2.05 bits per heavy atom. The molecule has 0 fully saturated rings. The zero-order chi connectivity index (χ0) is 15.2. The Hall–Kier alpha value is -2.09. The summed E-state index contributed by atoms with van der Waals surface area (Å²) in [6, 6.07) is 9.53. The molecule has 0 radical (unpaired) electrons.